The van der Waals surface area contributed by atoms with Crippen molar-refractivity contribution in [3.63, 3.8) is 0 Å². The lowest BCUT2D eigenvalue weighted by atomic mass is 10.0. The van der Waals surface area contributed by atoms with Crippen LogP contribution < -0.4 is 0 Å². The average molecular weight is 258 g/mol. The van der Waals surface area contributed by atoms with Crippen molar-refractivity contribution >= 4 is 21.8 Å². The molecule has 4 rings (SSSR count). The molecule has 4 aromatic rings. The molecule has 0 atom stereocenters. The SMILES string of the molecule is Cn1ccc2ccc(-c3cccc4ccccc34)nc21. The van der Waals surface area contributed by atoms with Gasteiger partial charge in [0, 0.05) is 24.2 Å². The molecule has 96 valence electrons. The molecule has 2 heteroatoms. The molecule has 2 heterocycles. The van der Waals surface area contributed by atoms with Crippen molar-refractivity contribution in [2.75, 3.05) is 0 Å². The van der Waals surface area contributed by atoms with Crippen LogP contribution in [0.5, 0.6) is 0 Å². The summed E-state index contributed by atoms with van der Waals surface area (Å²) in [5.41, 5.74) is 3.23. The van der Waals surface area contributed by atoms with Crippen molar-refractivity contribution in [3.05, 3.63) is 66.9 Å². The van der Waals surface area contributed by atoms with Gasteiger partial charge in [0.25, 0.3) is 0 Å². The first-order chi connectivity index (χ1) is 9.83. The van der Waals surface area contributed by atoms with Gasteiger partial charge in [-0.3, -0.25) is 0 Å². The Labute approximate surface area is 117 Å². The van der Waals surface area contributed by atoms with Crippen molar-refractivity contribution in [2.45, 2.75) is 0 Å². The molecule has 0 amide bonds. The molecule has 0 bridgehead atoms. The highest BCUT2D eigenvalue weighted by atomic mass is 15.0. The average Bonchev–Trinajstić information content (AvgIpc) is 2.88. The van der Waals surface area contributed by atoms with Gasteiger partial charge >= 0.3 is 0 Å². The molecule has 2 aromatic carbocycles. The van der Waals surface area contributed by atoms with Crippen LogP contribution >= 0.6 is 0 Å². The zero-order valence-electron chi connectivity index (χ0n) is 11.2. The Hall–Kier alpha value is -2.61. The molecule has 0 radical (unpaired) electrons. The molecule has 0 spiro atoms. The fourth-order valence-electron chi connectivity index (χ4n) is 2.73. The number of aryl methyl sites for hydroxylation is 1. The molecule has 0 N–H and O–H groups in total. The zero-order chi connectivity index (χ0) is 13.5. The van der Waals surface area contributed by atoms with Crippen LogP contribution in [0.1, 0.15) is 0 Å². The van der Waals surface area contributed by atoms with Gasteiger partial charge in [-0.15, -0.1) is 0 Å². The Morgan fingerprint density at radius 1 is 0.800 bits per heavy atom. The summed E-state index contributed by atoms with van der Waals surface area (Å²) in [6.07, 6.45) is 2.05. The zero-order valence-corrected chi connectivity index (χ0v) is 11.2. The molecule has 2 nitrogen and oxygen atoms in total. The minimum atomic E-state index is 1.02. The molecule has 20 heavy (non-hydrogen) atoms. The fourth-order valence-corrected chi connectivity index (χ4v) is 2.73. The minimum Gasteiger partial charge on any atom is -0.336 e. The van der Waals surface area contributed by atoms with Crippen molar-refractivity contribution in [3.8, 4) is 11.3 Å². The van der Waals surface area contributed by atoms with E-state index >= 15 is 0 Å². The van der Waals surface area contributed by atoms with Crippen molar-refractivity contribution in [1.29, 1.82) is 0 Å². The van der Waals surface area contributed by atoms with E-state index < -0.39 is 0 Å². The second kappa shape index (κ2) is 4.20. The topological polar surface area (TPSA) is 17.8 Å². The highest BCUT2D eigenvalue weighted by Crippen LogP contribution is 2.28. The number of hydrogen-bond donors (Lipinski definition) is 0. The monoisotopic (exact) mass is 258 g/mol. The minimum absolute atomic E-state index is 1.02. The molecule has 0 unspecified atom stereocenters. The number of nitrogens with zero attached hydrogens (tertiary/aromatic N) is 2. The maximum absolute atomic E-state index is 4.82. The number of aromatic nitrogens is 2. The van der Waals surface area contributed by atoms with Crippen LogP contribution in [-0.2, 0) is 7.05 Å². The molecule has 0 saturated carbocycles. The lowest BCUT2D eigenvalue weighted by molar-refractivity contribution is 0.949. The fraction of sp³-hybridized carbons (Fsp3) is 0.0556. The molecule has 0 fully saturated rings. The first-order valence-corrected chi connectivity index (χ1v) is 6.73. The summed E-state index contributed by atoms with van der Waals surface area (Å²) in [5.74, 6) is 0. The van der Waals surface area contributed by atoms with Crippen molar-refractivity contribution < 1.29 is 0 Å². The van der Waals surface area contributed by atoms with Gasteiger partial charge in [0.2, 0.25) is 0 Å². The van der Waals surface area contributed by atoms with Gasteiger partial charge in [0.15, 0.2) is 0 Å². The number of rotatable bonds is 1. The van der Waals surface area contributed by atoms with Gasteiger partial charge in [-0.05, 0) is 29.0 Å². The van der Waals surface area contributed by atoms with Gasteiger partial charge in [-0.25, -0.2) is 4.98 Å². The van der Waals surface area contributed by atoms with Gasteiger partial charge < -0.3 is 4.57 Å². The molecule has 0 aliphatic carbocycles. The smallest absolute Gasteiger partial charge is 0.140 e. The van der Waals surface area contributed by atoms with Gasteiger partial charge in [0.05, 0.1) is 5.69 Å². The Balaban J connectivity index is 2.03. The van der Waals surface area contributed by atoms with Gasteiger partial charge in [-0.2, -0.15) is 0 Å². The van der Waals surface area contributed by atoms with Crippen LogP contribution in [0.4, 0.5) is 0 Å². The predicted octanol–water partition coefficient (Wildman–Crippen LogP) is 4.39. The van der Waals surface area contributed by atoms with Crippen LogP contribution in [0, 0.1) is 0 Å². The predicted molar refractivity (Wildman–Crippen MR) is 83.7 cm³/mol. The number of hydrogen-bond acceptors (Lipinski definition) is 1. The molecular weight excluding hydrogens is 244 g/mol. The third-order valence-corrected chi connectivity index (χ3v) is 3.78. The van der Waals surface area contributed by atoms with E-state index in [0.717, 1.165) is 11.3 Å². The second-order valence-electron chi connectivity index (χ2n) is 5.06. The van der Waals surface area contributed by atoms with Crippen LogP contribution in [0.15, 0.2) is 66.9 Å². The van der Waals surface area contributed by atoms with Crippen molar-refractivity contribution in [1.82, 2.24) is 9.55 Å². The van der Waals surface area contributed by atoms with Crippen LogP contribution in [0.25, 0.3) is 33.1 Å². The molecule has 0 aliphatic heterocycles. The van der Waals surface area contributed by atoms with E-state index in [2.05, 4.69) is 65.2 Å². The van der Waals surface area contributed by atoms with Crippen molar-refractivity contribution in [2.24, 2.45) is 7.05 Å². The van der Waals surface area contributed by atoms with E-state index in [0.29, 0.717) is 0 Å². The van der Waals surface area contributed by atoms with Crippen LogP contribution in [-0.4, -0.2) is 9.55 Å². The number of fused-ring (bicyclic) bond motifs is 2. The molecule has 0 saturated heterocycles. The highest BCUT2D eigenvalue weighted by Gasteiger charge is 2.07. The standard InChI is InChI=1S/C18H14N2/c1-20-12-11-14-9-10-17(19-18(14)20)16-8-4-6-13-5-2-3-7-15(13)16/h2-12H,1H3. The Kier molecular flexibility index (Phi) is 2.36. The quantitative estimate of drug-likeness (QED) is 0.495. The van der Waals surface area contributed by atoms with Crippen LogP contribution in [0.2, 0.25) is 0 Å². The van der Waals surface area contributed by atoms with E-state index in [-0.39, 0.29) is 0 Å². The highest BCUT2D eigenvalue weighted by molar-refractivity contribution is 5.96. The van der Waals surface area contributed by atoms with E-state index in [4.69, 9.17) is 4.98 Å². The second-order valence-corrected chi connectivity index (χ2v) is 5.06. The molecule has 0 aliphatic rings. The third kappa shape index (κ3) is 1.62. The summed E-state index contributed by atoms with van der Waals surface area (Å²) in [7, 11) is 2.03. The first-order valence-electron chi connectivity index (χ1n) is 6.73. The summed E-state index contributed by atoms with van der Waals surface area (Å²) < 4.78 is 2.06. The normalized spacial score (nSPS) is 11.2. The Bertz CT molecular complexity index is 914. The largest absolute Gasteiger partial charge is 0.336 e. The lowest BCUT2D eigenvalue weighted by Crippen LogP contribution is -1.91. The summed E-state index contributed by atoms with van der Waals surface area (Å²) >= 11 is 0. The third-order valence-electron chi connectivity index (χ3n) is 3.78. The maximum atomic E-state index is 4.82. The maximum Gasteiger partial charge on any atom is 0.140 e. The molecule has 2 aromatic heterocycles. The Morgan fingerprint density at radius 2 is 1.65 bits per heavy atom. The van der Waals surface area contributed by atoms with Crippen LogP contribution in [0.3, 0.4) is 0 Å². The lowest BCUT2D eigenvalue weighted by Gasteiger charge is -2.07. The van der Waals surface area contributed by atoms with E-state index in [9.17, 15) is 0 Å². The Morgan fingerprint density at radius 3 is 2.60 bits per heavy atom. The van der Waals surface area contributed by atoms with Gasteiger partial charge in [0.1, 0.15) is 5.65 Å². The van der Waals surface area contributed by atoms with E-state index in [1.807, 2.05) is 13.2 Å². The van der Waals surface area contributed by atoms with E-state index in [1.54, 1.807) is 0 Å². The number of pyridine rings is 1. The summed E-state index contributed by atoms with van der Waals surface area (Å²) in [4.78, 5) is 4.82. The summed E-state index contributed by atoms with van der Waals surface area (Å²) in [6.45, 7) is 0. The molecular formula is C18H14N2. The number of benzene rings is 2. The first kappa shape index (κ1) is 11.2. The summed E-state index contributed by atoms with van der Waals surface area (Å²) in [5, 5.41) is 3.67. The summed E-state index contributed by atoms with van der Waals surface area (Å²) in [6, 6.07) is 21.1. The van der Waals surface area contributed by atoms with Gasteiger partial charge in [-0.1, -0.05) is 42.5 Å². The van der Waals surface area contributed by atoms with E-state index in [1.165, 1.54) is 21.7 Å².